The Bertz CT molecular complexity index is 680. The lowest BCUT2D eigenvalue weighted by Gasteiger charge is -2.11. The Labute approximate surface area is 122 Å². The van der Waals surface area contributed by atoms with E-state index >= 15 is 0 Å². The van der Waals surface area contributed by atoms with Crippen LogP contribution in [-0.2, 0) is 0 Å². The molecule has 0 saturated carbocycles. The fourth-order valence-electron chi connectivity index (χ4n) is 2.08. The minimum atomic E-state index is -0.597. The van der Waals surface area contributed by atoms with Gasteiger partial charge in [-0.25, -0.2) is 4.39 Å². The van der Waals surface area contributed by atoms with Gasteiger partial charge in [0, 0.05) is 11.1 Å². The number of benzene rings is 2. The Morgan fingerprint density at radius 2 is 1.85 bits per heavy atom. The number of halogens is 2. The second-order valence-corrected chi connectivity index (χ2v) is 4.95. The van der Waals surface area contributed by atoms with E-state index in [-0.39, 0.29) is 16.4 Å². The Morgan fingerprint density at radius 3 is 2.50 bits per heavy atom. The van der Waals surface area contributed by atoms with Gasteiger partial charge < -0.3 is 4.74 Å². The quantitative estimate of drug-likeness (QED) is 0.787. The van der Waals surface area contributed by atoms with Gasteiger partial charge in [-0.05, 0) is 49.2 Å². The van der Waals surface area contributed by atoms with Crippen LogP contribution in [0.2, 0.25) is 5.02 Å². The maximum atomic E-state index is 13.4. The molecule has 0 radical (unpaired) electrons. The molecule has 0 amide bonds. The van der Waals surface area contributed by atoms with Crippen molar-refractivity contribution in [2.24, 2.45) is 0 Å². The summed E-state index contributed by atoms with van der Waals surface area (Å²) in [5.74, 6) is -0.178. The van der Waals surface area contributed by atoms with Gasteiger partial charge in [-0.1, -0.05) is 17.7 Å². The van der Waals surface area contributed by atoms with Crippen molar-refractivity contribution in [3.8, 4) is 5.75 Å². The van der Waals surface area contributed by atoms with Crippen molar-refractivity contribution in [1.29, 1.82) is 0 Å². The highest BCUT2D eigenvalue weighted by Crippen LogP contribution is 2.27. The van der Waals surface area contributed by atoms with Crippen LogP contribution in [-0.4, -0.2) is 12.9 Å². The first kappa shape index (κ1) is 14.5. The van der Waals surface area contributed by atoms with E-state index in [0.29, 0.717) is 11.3 Å². The zero-order valence-electron chi connectivity index (χ0n) is 11.5. The fourth-order valence-corrected chi connectivity index (χ4v) is 2.29. The zero-order chi connectivity index (χ0) is 14.9. The van der Waals surface area contributed by atoms with E-state index in [9.17, 15) is 9.18 Å². The first-order valence-corrected chi connectivity index (χ1v) is 6.47. The van der Waals surface area contributed by atoms with Crippen LogP contribution in [0.25, 0.3) is 0 Å². The molecular formula is C16H14ClFO2. The zero-order valence-corrected chi connectivity index (χ0v) is 12.2. The lowest BCUT2D eigenvalue weighted by molar-refractivity contribution is 0.103. The highest BCUT2D eigenvalue weighted by molar-refractivity contribution is 6.35. The van der Waals surface area contributed by atoms with E-state index in [4.69, 9.17) is 16.3 Å². The average Bonchev–Trinajstić information content (AvgIpc) is 2.43. The van der Waals surface area contributed by atoms with Gasteiger partial charge in [0.1, 0.15) is 11.6 Å². The molecule has 0 aromatic heterocycles. The van der Waals surface area contributed by atoms with Gasteiger partial charge in [-0.15, -0.1) is 0 Å². The molecule has 0 saturated heterocycles. The summed E-state index contributed by atoms with van der Waals surface area (Å²) in [6, 6.07) is 7.74. The van der Waals surface area contributed by atoms with E-state index in [0.717, 1.165) is 11.1 Å². The third kappa shape index (κ3) is 2.54. The molecule has 0 aliphatic heterocycles. The lowest BCUT2D eigenvalue weighted by atomic mass is 9.96. The molecule has 2 aromatic carbocycles. The minimum absolute atomic E-state index is 0.148. The summed E-state index contributed by atoms with van der Waals surface area (Å²) < 4.78 is 18.7. The third-order valence-corrected chi connectivity index (χ3v) is 3.57. The van der Waals surface area contributed by atoms with Gasteiger partial charge in [0.05, 0.1) is 12.1 Å². The van der Waals surface area contributed by atoms with Gasteiger partial charge >= 0.3 is 0 Å². The summed E-state index contributed by atoms with van der Waals surface area (Å²) in [6.45, 7) is 3.66. The fraction of sp³-hybridized carbons (Fsp3) is 0.188. The molecule has 20 heavy (non-hydrogen) atoms. The molecule has 2 aromatic rings. The van der Waals surface area contributed by atoms with E-state index in [1.54, 1.807) is 19.2 Å². The van der Waals surface area contributed by atoms with Crippen LogP contribution in [0.4, 0.5) is 4.39 Å². The number of hydrogen-bond donors (Lipinski definition) is 0. The van der Waals surface area contributed by atoms with Crippen LogP contribution in [0.15, 0.2) is 30.3 Å². The standard InChI is InChI=1S/C16H14ClFO2/c1-9-8-14(20-3)10(2)7-12(9)16(19)11-5-4-6-13(18)15(11)17/h4-8H,1-3H3. The first-order valence-electron chi connectivity index (χ1n) is 6.09. The van der Waals surface area contributed by atoms with E-state index in [1.807, 2.05) is 13.8 Å². The van der Waals surface area contributed by atoms with E-state index in [1.165, 1.54) is 18.2 Å². The van der Waals surface area contributed by atoms with Crippen molar-refractivity contribution in [2.45, 2.75) is 13.8 Å². The topological polar surface area (TPSA) is 26.3 Å². The van der Waals surface area contributed by atoms with Crippen molar-refractivity contribution in [2.75, 3.05) is 7.11 Å². The van der Waals surface area contributed by atoms with Crippen molar-refractivity contribution < 1.29 is 13.9 Å². The molecule has 4 heteroatoms. The molecule has 104 valence electrons. The number of methoxy groups -OCH3 is 1. The molecule has 2 nitrogen and oxygen atoms in total. The predicted molar refractivity (Wildman–Crippen MR) is 77.3 cm³/mol. The number of carbonyl (C=O) groups is 1. The summed E-state index contributed by atoms with van der Waals surface area (Å²) in [4.78, 5) is 12.5. The first-order chi connectivity index (χ1) is 9.45. The number of ether oxygens (including phenoxy) is 1. The number of aryl methyl sites for hydroxylation is 2. The summed E-state index contributed by atoms with van der Waals surface area (Å²) in [7, 11) is 1.58. The van der Waals surface area contributed by atoms with Crippen molar-refractivity contribution >= 4 is 17.4 Å². The molecule has 0 fully saturated rings. The monoisotopic (exact) mass is 292 g/mol. The summed E-state index contributed by atoms with van der Waals surface area (Å²) in [5.41, 5.74) is 2.27. The molecule has 2 rings (SSSR count). The van der Waals surface area contributed by atoms with Gasteiger partial charge in [0.15, 0.2) is 5.78 Å². The number of hydrogen-bond acceptors (Lipinski definition) is 2. The SMILES string of the molecule is COc1cc(C)c(C(=O)c2cccc(F)c2Cl)cc1C. The van der Waals surface area contributed by atoms with Crippen LogP contribution >= 0.6 is 11.6 Å². The Balaban J connectivity index is 2.54. The summed E-state index contributed by atoms with van der Waals surface area (Å²) >= 11 is 5.87. The maximum absolute atomic E-state index is 13.4. The van der Waals surface area contributed by atoms with Crippen molar-refractivity contribution in [3.05, 3.63) is 63.4 Å². The van der Waals surface area contributed by atoms with Crippen molar-refractivity contribution in [3.63, 3.8) is 0 Å². The predicted octanol–water partition coefficient (Wildman–Crippen LogP) is 4.34. The summed E-state index contributed by atoms with van der Waals surface area (Å²) in [5, 5.41) is -0.148. The number of rotatable bonds is 3. The molecule has 0 bridgehead atoms. The largest absolute Gasteiger partial charge is 0.496 e. The maximum Gasteiger partial charge on any atom is 0.194 e. The highest BCUT2D eigenvalue weighted by Gasteiger charge is 2.18. The van der Waals surface area contributed by atoms with Crippen LogP contribution in [0.5, 0.6) is 5.75 Å². The number of ketones is 1. The van der Waals surface area contributed by atoms with E-state index in [2.05, 4.69) is 0 Å². The smallest absolute Gasteiger partial charge is 0.194 e. The van der Waals surface area contributed by atoms with Gasteiger partial charge in [0.25, 0.3) is 0 Å². The molecular weight excluding hydrogens is 279 g/mol. The van der Waals surface area contributed by atoms with E-state index < -0.39 is 5.82 Å². The second kappa shape index (κ2) is 5.63. The molecule has 0 unspecified atom stereocenters. The second-order valence-electron chi connectivity index (χ2n) is 4.57. The molecule has 0 spiro atoms. The van der Waals surface area contributed by atoms with Crippen LogP contribution in [0, 0.1) is 19.7 Å². The molecule has 0 heterocycles. The molecule has 0 atom stereocenters. The third-order valence-electron chi connectivity index (χ3n) is 3.18. The normalized spacial score (nSPS) is 10.4. The van der Waals surface area contributed by atoms with Crippen LogP contribution in [0.3, 0.4) is 0 Å². The average molecular weight is 293 g/mol. The van der Waals surface area contributed by atoms with Gasteiger partial charge in [-0.3, -0.25) is 4.79 Å². The lowest BCUT2D eigenvalue weighted by Crippen LogP contribution is -2.06. The molecule has 0 aliphatic carbocycles. The Morgan fingerprint density at radius 1 is 1.15 bits per heavy atom. The minimum Gasteiger partial charge on any atom is -0.496 e. The van der Waals surface area contributed by atoms with Crippen molar-refractivity contribution in [1.82, 2.24) is 0 Å². The Hall–Kier alpha value is -1.87. The molecule has 0 aliphatic rings. The van der Waals surface area contributed by atoms with Gasteiger partial charge in [-0.2, -0.15) is 0 Å². The Kier molecular flexibility index (Phi) is 4.09. The highest BCUT2D eigenvalue weighted by atomic mass is 35.5. The van der Waals surface area contributed by atoms with Crippen LogP contribution < -0.4 is 4.74 Å². The van der Waals surface area contributed by atoms with Gasteiger partial charge in [0.2, 0.25) is 0 Å². The number of carbonyl (C=O) groups excluding carboxylic acids is 1. The van der Waals surface area contributed by atoms with Crippen LogP contribution in [0.1, 0.15) is 27.0 Å². The molecule has 0 N–H and O–H groups in total. The summed E-state index contributed by atoms with van der Waals surface area (Å²) in [6.07, 6.45) is 0.